The van der Waals surface area contributed by atoms with Gasteiger partial charge in [-0.3, -0.25) is 0 Å². The van der Waals surface area contributed by atoms with Crippen molar-refractivity contribution in [1.82, 2.24) is 14.6 Å². The number of methoxy groups -OCH3 is 1. The van der Waals surface area contributed by atoms with Crippen LogP contribution in [0.2, 0.25) is 0 Å². The van der Waals surface area contributed by atoms with Crippen molar-refractivity contribution in [3.8, 4) is 5.75 Å². The van der Waals surface area contributed by atoms with Gasteiger partial charge in [0.15, 0.2) is 0 Å². The monoisotopic (exact) mass is 442 g/mol. The number of anilines is 1. The Labute approximate surface area is 184 Å². The van der Waals surface area contributed by atoms with Gasteiger partial charge in [-0.05, 0) is 49.2 Å². The minimum atomic E-state index is -3.61. The first-order chi connectivity index (χ1) is 14.9. The fourth-order valence-corrected chi connectivity index (χ4v) is 5.25. The van der Waals surface area contributed by atoms with E-state index < -0.39 is 10.0 Å². The lowest BCUT2D eigenvalue weighted by atomic mass is 10.1. The van der Waals surface area contributed by atoms with Crippen LogP contribution in [-0.2, 0) is 16.4 Å². The van der Waals surface area contributed by atoms with Gasteiger partial charge in [-0.25, -0.2) is 12.7 Å². The molecule has 4 rings (SSSR count). The van der Waals surface area contributed by atoms with Crippen molar-refractivity contribution in [2.75, 3.05) is 51.8 Å². The second-order valence-corrected chi connectivity index (χ2v) is 10.1. The number of fused-ring (bicyclic) bond motifs is 1. The minimum absolute atomic E-state index is 0.291. The fraction of sp³-hybridized carbons (Fsp3) is 0.391. The summed E-state index contributed by atoms with van der Waals surface area (Å²) < 4.78 is 33.5. The summed E-state index contributed by atoms with van der Waals surface area (Å²) in [5.41, 5.74) is 4.21. The summed E-state index contributed by atoms with van der Waals surface area (Å²) in [6, 6.07) is 11.4. The third-order valence-corrected chi connectivity index (χ3v) is 7.79. The van der Waals surface area contributed by atoms with Gasteiger partial charge >= 0.3 is 0 Å². The maximum absolute atomic E-state index is 13.3. The van der Waals surface area contributed by atoms with E-state index in [0.717, 1.165) is 48.3 Å². The minimum Gasteiger partial charge on any atom is -0.495 e. The summed E-state index contributed by atoms with van der Waals surface area (Å²) in [6.45, 7) is 5.82. The van der Waals surface area contributed by atoms with Gasteiger partial charge < -0.3 is 19.9 Å². The Bertz CT molecular complexity index is 1170. The molecule has 166 valence electrons. The van der Waals surface area contributed by atoms with Crippen LogP contribution in [0.25, 0.3) is 10.9 Å². The van der Waals surface area contributed by atoms with Crippen LogP contribution in [0.3, 0.4) is 0 Å². The Hall–Kier alpha value is -2.55. The first-order valence-corrected chi connectivity index (χ1v) is 12.0. The molecule has 1 aromatic heterocycles. The standard InChI is InChI=1S/C23H30N4O3S/c1-17-4-6-21-20(14-17)18(16-25-21)8-11-26(2)31(28,29)19-5-7-23(30-3)22(15-19)27-12-9-24-10-13-27/h4-7,14-16,24-25H,8-13H2,1-3H3. The number of aryl methyl sites for hydroxylation is 1. The van der Waals surface area contributed by atoms with Gasteiger partial charge in [0.25, 0.3) is 0 Å². The molecule has 1 saturated heterocycles. The molecule has 7 nitrogen and oxygen atoms in total. The number of nitrogens with one attached hydrogen (secondary N) is 2. The van der Waals surface area contributed by atoms with Gasteiger partial charge in [-0.15, -0.1) is 0 Å². The average Bonchev–Trinajstić information content (AvgIpc) is 3.19. The van der Waals surface area contributed by atoms with Crippen molar-refractivity contribution < 1.29 is 13.2 Å². The Balaban J connectivity index is 1.55. The van der Waals surface area contributed by atoms with Crippen LogP contribution in [0, 0.1) is 6.92 Å². The summed E-state index contributed by atoms with van der Waals surface area (Å²) in [5.74, 6) is 0.692. The third-order valence-electron chi connectivity index (χ3n) is 5.94. The highest BCUT2D eigenvalue weighted by Crippen LogP contribution is 2.32. The zero-order chi connectivity index (χ0) is 22.0. The maximum Gasteiger partial charge on any atom is 0.242 e. The van der Waals surface area contributed by atoms with Crippen molar-refractivity contribution in [3.05, 3.63) is 53.7 Å². The molecule has 0 spiro atoms. The van der Waals surface area contributed by atoms with E-state index in [4.69, 9.17) is 4.74 Å². The largest absolute Gasteiger partial charge is 0.495 e. The molecule has 31 heavy (non-hydrogen) atoms. The molecule has 0 aliphatic carbocycles. The van der Waals surface area contributed by atoms with Crippen LogP contribution in [0.4, 0.5) is 5.69 Å². The lowest BCUT2D eigenvalue weighted by Crippen LogP contribution is -2.43. The van der Waals surface area contributed by atoms with Gasteiger partial charge in [0.05, 0.1) is 17.7 Å². The van der Waals surface area contributed by atoms with Crippen LogP contribution in [0.15, 0.2) is 47.5 Å². The van der Waals surface area contributed by atoms with Crippen LogP contribution >= 0.6 is 0 Å². The molecule has 2 N–H and O–H groups in total. The van der Waals surface area contributed by atoms with Gasteiger partial charge in [0.1, 0.15) is 5.75 Å². The molecule has 0 unspecified atom stereocenters. The van der Waals surface area contributed by atoms with Gasteiger partial charge in [0.2, 0.25) is 10.0 Å². The molecule has 2 heterocycles. The molecular weight excluding hydrogens is 412 g/mol. The third kappa shape index (κ3) is 4.42. The number of hydrogen-bond donors (Lipinski definition) is 2. The van der Waals surface area contributed by atoms with E-state index in [1.54, 1.807) is 32.4 Å². The molecule has 1 fully saturated rings. The topological polar surface area (TPSA) is 77.7 Å². The van der Waals surface area contributed by atoms with Gasteiger partial charge in [-0.2, -0.15) is 0 Å². The lowest BCUT2D eigenvalue weighted by molar-refractivity contribution is 0.412. The van der Waals surface area contributed by atoms with E-state index in [-0.39, 0.29) is 0 Å². The van der Waals surface area contributed by atoms with Crippen LogP contribution in [-0.4, -0.2) is 64.6 Å². The van der Waals surface area contributed by atoms with E-state index in [0.29, 0.717) is 23.6 Å². The van der Waals surface area contributed by atoms with Crippen molar-refractivity contribution in [3.63, 3.8) is 0 Å². The highest BCUT2D eigenvalue weighted by molar-refractivity contribution is 7.89. The maximum atomic E-state index is 13.3. The summed E-state index contributed by atoms with van der Waals surface area (Å²) in [5, 5.41) is 4.47. The Morgan fingerprint density at radius 1 is 1.13 bits per heavy atom. The number of likely N-dealkylation sites (N-methyl/N-ethyl adjacent to an activating group) is 1. The van der Waals surface area contributed by atoms with E-state index >= 15 is 0 Å². The first kappa shape index (κ1) is 21.7. The summed E-state index contributed by atoms with van der Waals surface area (Å²) in [6.07, 6.45) is 2.61. The average molecular weight is 443 g/mol. The summed E-state index contributed by atoms with van der Waals surface area (Å²) >= 11 is 0. The quantitative estimate of drug-likeness (QED) is 0.588. The molecule has 0 radical (unpaired) electrons. The highest BCUT2D eigenvalue weighted by Gasteiger charge is 2.24. The van der Waals surface area contributed by atoms with Crippen LogP contribution in [0.1, 0.15) is 11.1 Å². The summed E-state index contributed by atoms with van der Waals surface area (Å²) in [4.78, 5) is 5.73. The normalized spacial score (nSPS) is 15.0. The van der Waals surface area contributed by atoms with Crippen LogP contribution < -0.4 is 15.0 Å². The SMILES string of the molecule is COc1ccc(S(=O)(=O)N(C)CCc2c[nH]c3ccc(C)cc23)cc1N1CCNCC1. The Morgan fingerprint density at radius 3 is 2.65 bits per heavy atom. The number of rotatable bonds is 7. The van der Waals surface area contributed by atoms with Crippen molar-refractivity contribution in [2.45, 2.75) is 18.2 Å². The number of hydrogen-bond acceptors (Lipinski definition) is 5. The number of aromatic nitrogens is 1. The molecule has 1 aliphatic rings. The summed E-state index contributed by atoms with van der Waals surface area (Å²) in [7, 11) is -0.356. The van der Waals surface area contributed by atoms with Gasteiger partial charge in [0, 0.05) is 56.9 Å². The second kappa shape index (κ2) is 8.90. The molecule has 0 atom stereocenters. The molecule has 8 heteroatoms. The van der Waals surface area contributed by atoms with E-state index in [1.165, 1.54) is 9.87 Å². The highest BCUT2D eigenvalue weighted by atomic mass is 32.2. The number of H-pyrrole nitrogens is 1. The Morgan fingerprint density at radius 2 is 1.90 bits per heavy atom. The second-order valence-electron chi connectivity index (χ2n) is 8.01. The number of sulfonamides is 1. The molecule has 3 aromatic rings. The van der Waals surface area contributed by atoms with Crippen molar-refractivity contribution in [1.29, 1.82) is 0 Å². The number of piperazine rings is 1. The molecular formula is C23H30N4O3S. The lowest BCUT2D eigenvalue weighted by Gasteiger charge is -2.31. The van der Waals surface area contributed by atoms with Crippen molar-refractivity contribution >= 4 is 26.6 Å². The first-order valence-electron chi connectivity index (χ1n) is 10.6. The smallest absolute Gasteiger partial charge is 0.242 e. The van der Waals surface area contributed by atoms with E-state index in [1.807, 2.05) is 6.20 Å². The van der Waals surface area contributed by atoms with E-state index in [2.05, 4.69) is 40.3 Å². The molecule has 2 aromatic carbocycles. The molecule has 0 amide bonds. The van der Waals surface area contributed by atoms with Gasteiger partial charge in [-0.1, -0.05) is 11.6 Å². The predicted molar refractivity (Wildman–Crippen MR) is 125 cm³/mol. The number of ether oxygens (including phenoxy) is 1. The molecule has 0 bridgehead atoms. The number of benzene rings is 2. The number of aromatic amines is 1. The molecule has 0 saturated carbocycles. The predicted octanol–water partition coefficient (Wildman–Crippen LogP) is 2.76. The van der Waals surface area contributed by atoms with Crippen LogP contribution in [0.5, 0.6) is 5.75 Å². The van der Waals surface area contributed by atoms with Crippen molar-refractivity contribution in [2.24, 2.45) is 0 Å². The fourth-order valence-electron chi connectivity index (χ4n) is 4.06. The zero-order valence-corrected chi connectivity index (χ0v) is 19.1. The van der Waals surface area contributed by atoms with E-state index in [9.17, 15) is 8.42 Å². The zero-order valence-electron chi connectivity index (χ0n) is 18.3. The Kier molecular flexibility index (Phi) is 6.22. The number of nitrogens with zero attached hydrogens (tertiary/aromatic N) is 2. The molecule has 1 aliphatic heterocycles.